The van der Waals surface area contributed by atoms with Crippen molar-refractivity contribution in [3.8, 4) is 0 Å². The van der Waals surface area contributed by atoms with E-state index in [9.17, 15) is 13.2 Å². The van der Waals surface area contributed by atoms with E-state index in [1.807, 2.05) is 6.26 Å². The second-order valence-corrected chi connectivity index (χ2v) is 6.11. The number of aromatic carboxylic acids is 1. The monoisotopic (exact) mass is 264 g/mol. The Hall–Kier alpha value is -0.950. The van der Waals surface area contributed by atoms with Crippen LogP contribution in [0.5, 0.6) is 0 Å². The van der Waals surface area contributed by atoms with Crippen molar-refractivity contribution in [2.45, 2.75) is 11.5 Å². The molecule has 0 saturated heterocycles. The van der Waals surface area contributed by atoms with Gasteiger partial charge in [-0.3, -0.25) is 0 Å². The summed E-state index contributed by atoms with van der Waals surface area (Å²) in [6.45, 7) is 0. The maximum Gasteiger partial charge on any atom is 0.371 e. The highest BCUT2D eigenvalue weighted by molar-refractivity contribution is 7.98. The molecule has 0 amide bonds. The Bertz CT molecular complexity index is 460. The molecule has 0 fully saturated rings. The zero-order valence-corrected chi connectivity index (χ0v) is 10.3. The van der Waals surface area contributed by atoms with Gasteiger partial charge in [-0.15, -0.1) is 0 Å². The first-order valence-corrected chi connectivity index (χ1v) is 7.57. The van der Waals surface area contributed by atoms with Crippen molar-refractivity contribution in [3.63, 3.8) is 0 Å². The summed E-state index contributed by atoms with van der Waals surface area (Å²) in [5.41, 5.74) is 0. The topological polar surface area (TPSA) is 84.6 Å². The van der Waals surface area contributed by atoms with Crippen molar-refractivity contribution in [1.82, 2.24) is 0 Å². The van der Waals surface area contributed by atoms with Crippen LogP contribution in [0.25, 0.3) is 0 Å². The molecule has 0 aromatic carbocycles. The highest BCUT2D eigenvalue weighted by Crippen LogP contribution is 2.16. The third-order valence-electron chi connectivity index (χ3n) is 1.86. The maximum absolute atomic E-state index is 11.6. The van der Waals surface area contributed by atoms with Gasteiger partial charge >= 0.3 is 5.97 Å². The Balaban J connectivity index is 2.78. The summed E-state index contributed by atoms with van der Waals surface area (Å²) in [5.74, 6) is -0.916. The van der Waals surface area contributed by atoms with Crippen molar-refractivity contribution in [1.29, 1.82) is 0 Å². The quantitative estimate of drug-likeness (QED) is 0.784. The van der Waals surface area contributed by atoms with E-state index in [4.69, 9.17) is 9.52 Å². The number of hydrogen-bond donors (Lipinski definition) is 1. The minimum Gasteiger partial charge on any atom is -0.475 e. The van der Waals surface area contributed by atoms with E-state index in [2.05, 4.69) is 0 Å². The maximum atomic E-state index is 11.6. The van der Waals surface area contributed by atoms with Crippen LogP contribution in [0.1, 0.15) is 17.0 Å². The molecule has 0 bridgehead atoms. The predicted octanol–water partition coefficient (Wildman–Crippen LogP) is 1.50. The molecule has 0 unspecified atom stereocenters. The van der Waals surface area contributed by atoms with E-state index >= 15 is 0 Å². The molecule has 1 heterocycles. The van der Waals surface area contributed by atoms with Gasteiger partial charge in [0.25, 0.3) is 0 Å². The Labute approximate surface area is 97.8 Å². The second-order valence-electron chi connectivity index (χ2n) is 3.09. The summed E-state index contributed by atoms with van der Waals surface area (Å²) in [7, 11) is -3.49. The number of hydrogen-bond acceptors (Lipinski definition) is 5. The average Bonchev–Trinajstić information content (AvgIpc) is 2.67. The molecule has 1 aromatic rings. The van der Waals surface area contributed by atoms with Crippen LogP contribution in [-0.2, 0) is 9.84 Å². The Kier molecular flexibility index (Phi) is 4.43. The standard InChI is InChI=1S/C9H12O5S2/c1-15-5-2-6-16(12,13)8-4-3-7(14-8)9(10)11/h3-4H,2,5-6H2,1H3,(H,10,11). The third-order valence-corrected chi connectivity index (χ3v) is 4.22. The molecular formula is C9H12O5S2. The van der Waals surface area contributed by atoms with E-state index in [1.165, 1.54) is 6.07 Å². The van der Waals surface area contributed by atoms with Gasteiger partial charge in [-0.05, 0) is 30.6 Å². The fraction of sp³-hybridized carbons (Fsp3) is 0.444. The molecule has 0 aliphatic carbocycles. The van der Waals surface area contributed by atoms with Crippen LogP contribution in [0.15, 0.2) is 21.6 Å². The van der Waals surface area contributed by atoms with Crippen LogP contribution >= 0.6 is 11.8 Å². The number of carboxylic acids is 1. The Morgan fingerprint density at radius 1 is 1.50 bits per heavy atom. The number of furan rings is 1. The fourth-order valence-electron chi connectivity index (χ4n) is 1.10. The second kappa shape index (κ2) is 5.40. The largest absolute Gasteiger partial charge is 0.475 e. The van der Waals surface area contributed by atoms with Gasteiger partial charge in [-0.1, -0.05) is 0 Å². The molecule has 1 rings (SSSR count). The van der Waals surface area contributed by atoms with Gasteiger partial charge in [0, 0.05) is 0 Å². The summed E-state index contributed by atoms with van der Waals surface area (Å²) < 4.78 is 28.0. The van der Waals surface area contributed by atoms with Gasteiger partial charge < -0.3 is 9.52 Å². The molecule has 5 nitrogen and oxygen atoms in total. The molecule has 0 aliphatic rings. The minimum absolute atomic E-state index is 0.0274. The normalized spacial score (nSPS) is 11.6. The number of thioether (sulfide) groups is 1. The Morgan fingerprint density at radius 2 is 2.19 bits per heavy atom. The first-order valence-electron chi connectivity index (χ1n) is 4.52. The lowest BCUT2D eigenvalue weighted by molar-refractivity contribution is 0.0656. The molecule has 7 heteroatoms. The van der Waals surface area contributed by atoms with Crippen molar-refractivity contribution < 1.29 is 22.7 Å². The van der Waals surface area contributed by atoms with Crippen LogP contribution in [0.2, 0.25) is 0 Å². The molecule has 1 N–H and O–H groups in total. The lowest BCUT2D eigenvalue weighted by Crippen LogP contribution is -2.06. The summed E-state index contributed by atoms with van der Waals surface area (Å²) in [5, 5.41) is 8.31. The van der Waals surface area contributed by atoms with Gasteiger partial charge in [0.2, 0.25) is 20.7 Å². The SMILES string of the molecule is CSCCCS(=O)(=O)c1ccc(C(=O)O)o1. The summed E-state index contributed by atoms with van der Waals surface area (Å²) in [6, 6.07) is 2.32. The molecule has 0 radical (unpaired) electrons. The Morgan fingerprint density at radius 3 is 2.69 bits per heavy atom. The summed E-state index contributed by atoms with van der Waals surface area (Å²) in [6.07, 6.45) is 2.41. The highest BCUT2D eigenvalue weighted by Gasteiger charge is 2.20. The minimum atomic E-state index is -3.49. The van der Waals surface area contributed by atoms with E-state index in [1.54, 1.807) is 11.8 Å². The molecule has 1 aromatic heterocycles. The molecule has 0 atom stereocenters. The number of carbonyl (C=O) groups is 1. The van der Waals surface area contributed by atoms with E-state index in [0.29, 0.717) is 6.42 Å². The van der Waals surface area contributed by atoms with Crippen LogP contribution < -0.4 is 0 Å². The third kappa shape index (κ3) is 3.28. The lowest BCUT2D eigenvalue weighted by atomic mass is 10.5. The molecule has 0 saturated carbocycles. The van der Waals surface area contributed by atoms with Crippen molar-refractivity contribution in [2.24, 2.45) is 0 Å². The van der Waals surface area contributed by atoms with Gasteiger partial charge in [0.05, 0.1) is 5.75 Å². The molecule has 0 spiro atoms. The van der Waals surface area contributed by atoms with Crippen LogP contribution in [-0.4, -0.2) is 37.3 Å². The first kappa shape index (κ1) is 13.1. The van der Waals surface area contributed by atoms with Crippen molar-refractivity contribution in [3.05, 3.63) is 17.9 Å². The van der Waals surface area contributed by atoms with Gasteiger partial charge in [-0.2, -0.15) is 11.8 Å². The van der Waals surface area contributed by atoms with Gasteiger partial charge in [0.1, 0.15) is 0 Å². The number of carboxylic acid groups (broad SMARTS) is 1. The summed E-state index contributed by atoms with van der Waals surface area (Å²) in [4.78, 5) is 10.5. The first-order chi connectivity index (χ1) is 7.47. The van der Waals surface area contributed by atoms with Crippen LogP contribution in [0.3, 0.4) is 0 Å². The highest BCUT2D eigenvalue weighted by atomic mass is 32.2. The van der Waals surface area contributed by atoms with Crippen LogP contribution in [0, 0.1) is 0 Å². The molecular weight excluding hydrogens is 252 g/mol. The van der Waals surface area contributed by atoms with Crippen LogP contribution in [0.4, 0.5) is 0 Å². The van der Waals surface area contributed by atoms with Gasteiger partial charge in [0.15, 0.2) is 0 Å². The van der Waals surface area contributed by atoms with Crippen molar-refractivity contribution >= 4 is 27.6 Å². The van der Waals surface area contributed by atoms with Gasteiger partial charge in [-0.25, -0.2) is 13.2 Å². The zero-order chi connectivity index (χ0) is 12.2. The van der Waals surface area contributed by atoms with E-state index in [-0.39, 0.29) is 16.6 Å². The number of sulfone groups is 1. The molecule has 90 valence electrons. The lowest BCUT2D eigenvalue weighted by Gasteiger charge is -1.99. The zero-order valence-electron chi connectivity index (χ0n) is 8.67. The predicted molar refractivity (Wildman–Crippen MR) is 60.7 cm³/mol. The smallest absolute Gasteiger partial charge is 0.371 e. The number of rotatable bonds is 6. The molecule has 16 heavy (non-hydrogen) atoms. The van der Waals surface area contributed by atoms with E-state index in [0.717, 1.165) is 11.8 Å². The fourth-order valence-corrected chi connectivity index (χ4v) is 2.93. The van der Waals surface area contributed by atoms with Crippen molar-refractivity contribution in [2.75, 3.05) is 17.8 Å². The molecule has 0 aliphatic heterocycles. The average molecular weight is 264 g/mol. The van der Waals surface area contributed by atoms with E-state index < -0.39 is 15.8 Å². The summed E-state index contributed by atoms with van der Waals surface area (Å²) >= 11 is 1.56.